The van der Waals surface area contributed by atoms with E-state index in [1.807, 2.05) is 11.5 Å². The summed E-state index contributed by atoms with van der Waals surface area (Å²) in [6.45, 7) is 5.28. The number of nitrogens with zero attached hydrogens (tertiary/aromatic N) is 3. The number of thioether (sulfide) groups is 1. The third-order valence-electron chi connectivity index (χ3n) is 3.03. The van der Waals surface area contributed by atoms with Crippen LogP contribution in [0.4, 0.5) is 10.1 Å². The van der Waals surface area contributed by atoms with Gasteiger partial charge in [0.2, 0.25) is 0 Å². The molecule has 6 nitrogen and oxygen atoms in total. The number of rotatable bonds is 8. The summed E-state index contributed by atoms with van der Waals surface area (Å²) in [7, 11) is 0. The standard InChI is InChI=1S/C15H19FN4O2S/c1-3-20-13(9-17-12-7-5-11(16)6-8-12)18-19-15(20)23-10-14(21)22-4-2/h5-8,17H,3-4,9-10H2,1-2H3. The molecule has 2 rings (SSSR count). The molecule has 1 N–H and O–H groups in total. The third-order valence-corrected chi connectivity index (χ3v) is 3.97. The number of esters is 1. The van der Waals surface area contributed by atoms with E-state index in [0.717, 1.165) is 11.5 Å². The van der Waals surface area contributed by atoms with Gasteiger partial charge in [-0.15, -0.1) is 10.2 Å². The molecule has 0 atom stereocenters. The number of carbonyl (C=O) groups excluding carboxylic acids is 1. The number of aromatic nitrogens is 3. The van der Waals surface area contributed by atoms with E-state index in [2.05, 4.69) is 15.5 Å². The van der Waals surface area contributed by atoms with Crippen molar-refractivity contribution in [2.24, 2.45) is 0 Å². The van der Waals surface area contributed by atoms with Crippen molar-refractivity contribution in [1.29, 1.82) is 0 Å². The fourth-order valence-corrected chi connectivity index (χ4v) is 2.77. The van der Waals surface area contributed by atoms with E-state index in [-0.39, 0.29) is 17.5 Å². The molecule has 0 radical (unpaired) electrons. The summed E-state index contributed by atoms with van der Waals surface area (Å²) < 4.78 is 19.7. The van der Waals surface area contributed by atoms with Crippen LogP contribution in [0.1, 0.15) is 19.7 Å². The lowest BCUT2D eigenvalue weighted by Gasteiger charge is -2.09. The fraction of sp³-hybridized carbons (Fsp3) is 0.400. The van der Waals surface area contributed by atoms with E-state index >= 15 is 0 Å². The zero-order chi connectivity index (χ0) is 16.7. The van der Waals surface area contributed by atoms with Crippen LogP contribution in [0.2, 0.25) is 0 Å². The first kappa shape index (κ1) is 17.3. The average Bonchev–Trinajstić information content (AvgIpc) is 2.94. The Kier molecular flexibility index (Phi) is 6.40. The number of hydrogen-bond donors (Lipinski definition) is 1. The van der Waals surface area contributed by atoms with E-state index in [1.165, 1.54) is 23.9 Å². The topological polar surface area (TPSA) is 69.0 Å². The van der Waals surface area contributed by atoms with Crippen molar-refractivity contribution in [2.45, 2.75) is 32.1 Å². The molecule has 0 aliphatic rings. The van der Waals surface area contributed by atoms with Crippen molar-refractivity contribution in [3.05, 3.63) is 35.9 Å². The van der Waals surface area contributed by atoms with Crippen molar-refractivity contribution in [1.82, 2.24) is 14.8 Å². The molecule has 0 saturated carbocycles. The molecule has 1 aromatic carbocycles. The predicted octanol–water partition coefficient (Wildman–Crippen LogP) is 2.70. The zero-order valence-corrected chi connectivity index (χ0v) is 13.9. The lowest BCUT2D eigenvalue weighted by molar-refractivity contribution is -0.139. The van der Waals surface area contributed by atoms with E-state index in [9.17, 15) is 9.18 Å². The second-order valence-electron chi connectivity index (χ2n) is 4.60. The number of carbonyl (C=O) groups is 1. The highest BCUT2D eigenvalue weighted by atomic mass is 32.2. The lowest BCUT2D eigenvalue weighted by atomic mass is 10.3. The number of ether oxygens (including phenoxy) is 1. The molecule has 8 heteroatoms. The van der Waals surface area contributed by atoms with E-state index in [1.54, 1.807) is 19.1 Å². The van der Waals surface area contributed by atoms with Gasteiger partial charge in [-0.25, -0.2) is 4.39 Å². The number of halogens is 1. The number of benzene rings is 1. The van der Waals surface area contributed by atoms with E-state index in [0.29, 0.717) is 24.9 Å². The number of hydrogen-bond acceptors (Lipinski definition) is 6. The van der Waals surface area contributed by atoms with Gasteiger partial charge < -0.3 is 14.6 Å². The van der Waals surface area contributed by atoms with Crippen molar-refractivity contribution in [2.75, 3.05) is 17.7 Å². The molecule has 0 amide bonds. The molecule has 1 heterocycles. The van der Waals surface area contributed by atoms with Crippen LogP contribution >= 0.6 is 11.8 Å². The van der Waals surface area contributed by atoms with Crippen LogP contribution in [0.5, 0.6) is 0 Å². The SMILES string of the molecule is CCOC(=O)CSc1nnc(CNc2ccc(F)cc2)n1CC. The molecule has 124 valence electrons. The Labute approximate surface area is 138 Å². The Bertz CT molecular complexity index is 645. The van der Waals surface area contributed by atoms with Crippen LogP contribution < -0.4 is 5.32 Å². The van der Waals surface area contributed by atoms with Gasteiger partial charge in [0, 0.05) is 12.2 Å². The van der Waals surface area contributed by atoms with E-state index in [4.69, 9.17) is 4.74 Å². The minimum atomic E-state index is -0.273. The second kappa shape index (κ2) is 8.52. The highest BCUT2D eigenvalue weighted by Crippen LogP contribution is 2.18. The summed E-state index contributed by atoms with van der Waals surface area (Å²) >= 11 is 1.30. The smallest absolute Gasteiger partial charge is 0.316 e. The van der Waals surface area contributed by atoms with Crippen LogP contribution in [0, 0.1) is 5.82 Å². The normalized spacial score (nSPS) is 10.6. The Morgan fingerprint density at radius 1 is 1.30 bits per heavy atom. The van der Waals surface area contributed by atoms with Crippen molar-refractivity contribution >= 4 is 23.4 Å². The maximum atomic E-state index is 12.9. The minimum Gasteiger partial charge on any atom is -0.465 e. The summed E-state index contributed by atoms with van der Waals surface area (Å²) in [5.41, 5.74) is 0.803. The maximum absolute atomic E-state index is 12.9. The average molecular weight is 338 g/mol. The Morgan fingerprint density at radius 3 is 2.70 bits per heavy atom. The predicted molar refractivity (Wildman–Crippen MR) is 86.8 cm³/mol. The van der Waals surface area contributed by atoms with Crippen molar-refractivity contribution in [3.8, 4) is 0 Å². The molecule has 23 heavy (non-hydrogen) atoms. The van der Waals surface area contributed by atoms with Crippen LogP contribution in [0.25, 0.3) is 0 Å². The van der Waals surface area contributed by atoms with E-state index < -0.39 is 0 Å². The van der Waals surface area contributed by atoms with Crippen molar-refractivity contribution < 1.29 is 13.9 Å². The second-order valence-corrected chi connectivity index (χ2v) is 5.54. The van der Waals surface area contributed by atoms with Gasteiger partial charge in [-0.05, 0) is 38.1 Å². The first-order valence-electron chi connectivity index (χ1n) is 7.34. The van der Waals surface area contributed by atoms with Crippen LogP contribution in [0.3, 0.4) is 0 Å². The molecule has 0 fully saturated rings. The zero-order valence-electron chi connectivity index (χ0n) is 13.1. The summed E-state index contributed by atoms with van der Waals surface area (Å²) in [6.07, 6.45) is 0. The molecule has 0 unspecified atom stereocenters. The van der Waals surface area contributed by atoms with Gasteiger partial charge in [0.25, 0.3) is 0 Å². The minimum absolute atomic E-state index is 0.206. The summed E-state index contributed by atoms with van der Waals surface area (Å²) in [5.74, 6) is 0.416. The van der Waals surface area contributed by atoms with Crippen LogP contribution in [-0.2, 0) is 22.6 Å². The van der Waals surface area contributed by atoms with Gasteiger partial charge in [0.15, 0.2) is 11.0 Å². The number of anilines is 1. The first-order chi connectivity index (χ1) is 11.1. The number of nitrogens with one attached hydrogen (secondary N) is 1. The molecule has 0 saturated heterocycles. The van der Waals surface area contributed by atoms with Gasteiger partial charge in [0.1, 0.15) is 5.82 Å². The quantitative estimate of drug-likeness (QED) is 0.589. The van der Waals surface area contributed by atoms with Gasteiger partial charge in [0.05, 0.1) is 18.9 Å². The van der Waals surface area contributed by atoms with Gasteiger partial charge in [-0.3, -0.25) is 4.79 Å². The third kappa shape index (κ3) is 4.95. The van der Waals surface area contributed by atoms with Crippen LogP contribution in [-0.4, -0.2) is 33.1 Å². The molecular weight excluding hydrogens is 319 g/mol. The molecule has 0 aliphatic carbocycles. The molecule has 0 spiro atoms. The van der Waals surface area contributed by atoms with Crippen LogP contribution in [0.15, 0.2) is 29.4 Å². The van der Waals surface area contributed by atoms with Gasteiger partial charge >= 0.3 is 5.97 Å². The molecular formula is C15H19FN4O2S. The Hall–Kier alpha value is -2.09. The Morgan fingerprint density at radius 2 is 2.04 bits per heavy atom. The fourth-order valence-electron chi connectivity index (χ4n) is 1.95. The Balaban J connectivity index is 1.97. The highest BCUT2D eigenvalue weighted by molar-refractivity contribution is 7.99. The monoisotopic (exact) mass is 338 g/mol. The largest absolute Gasteiger partial charge is 0.465 e. The first-order valence-corrected chi connectivity index (χ1v) is 8.32. The summed E-state index contributed by atoms with van der Waals surface area (Å²) in [6, 6.07) is 6.12. The van der Waals surface area contributed by atoms with Gasteiger partial charge in [-0.2, -0.15) is 0 Å². The summed E-state index contributed by atoms with van der Waals surface area (Å²) in [4.78, 5) is 11.4. The molecule has 2 aromatic rings. The lowest BCUT2D eigenvalue weighted by Crippen LogP contribution is -2.10. The molecule has 1 aromatic heterocycles. The maximum Gasteiger partial charge on any atom is 0.316 e. The van der Waals surface area contributed by atoms with Crippen molar-refractivity contribution in [3.63, 3.8) is 0 Å². The molecule has 0 bridgehead atoms. The summed E-state index contributed by atoms with van der Waals surface area (Å²) in [5, 5.41) is 12.1. The van der Waals surface area contributed by atoms with Gasteiger partial charge in [-0.1, -0.05) is 11.8 Å². The molecule has 0 aliphatic heterocycles. The highest BCUT2D eigenvalue weighted by Gasteiger charge is 2.13.